The van der Waals surface area contributed by atoms with Gasteiger partial charge in [0, 0.05) is 13.1 Å². The maximum absolute atomic E-state index is 12.5. The van der Waals surface area contributed by atoms with Crippen LogP contribution in [0.5, 0.6) is 0 Å². The average Bonchev–Trinajstić information content (AvgIpc) is 2.65. The summed E-state index contributed by atoms with van der Waals surface area (Å²) in [5, 5.41) is 9.69. The molecule has 1 aliphatic rings. The Balaban J connectivity index is 2.09. The molecule has 6 heteroatoms. The SMILES string of the molecule is C=CCOC(=O)[C@H](C#N)c1nc2ccccc2nc1N1C[C@@H](C)C[C@H](C)C1. The van der Waals surface area contributed by atoms with Gasteiger partial charge in [0.2, 0.25) is 0 Å². The molecule has 6 nitrogen and oxygen atoms in total. The molecule has 140 valence electrons. The zero-order chi connectivity index (χ0) is 19.4. The highest BCUT2D eigenvalue weighted by Gasteiger charge is 2.32. The van der Waals surface area contributed by atoms with E-state index in [9.17, 15) is 10.1 Å². The molecule has 0 amide bonds. The number of para-hydroxylation sites is 2. The van der Waals surface area contributed by atoms with E-state index < -0.39 is 11.9 Å². The van der Waals surface area contributed by atoms with Crippen molar-refractivity contribution in [3.8, 4) is 6.07 Å². The largest absolute Gasteiger partial charge is 0.460 e. The summed E-state index contributed by atoms with van der Waals surface area (Å²) in [7, 11) is 0. The van der Waals surface area contributed by atoms with Crippen LogP contribution in [0.4, 0.5) is 5.82 Å². The van der Waals surface area contributed by atoms with Crippen molar-refractivity contribution < 1.29 is 9.53 Å². The van der Waals surface area contributed by atoms with Crippen molar-refractivity contribution in [2.45, 2.75) is 26.2 Å². The lowest BCUT2D eigenvalue weighted by atomic mass is 9.91. The van der Waals surface area contributed by atoms with Crippen LogP contribution in [0.3, 0.4) is 0 Å². The van der Waals surface area contributed by atoms with E-state index in [2.05, 4.69) is 36.4 Å². The summed E-state index contributed by atoms with van der Waals surface area (Å²) in [6.45, 7) is 9.66. The fraction of sp³-hybridized carbons (Fsp3) is 0.429. The van der Waals surface area contributed by atoms with Crippen LogP contribution in [0, 0.1) is 23.2 Å². The highest BCUT2D eigenvalue weighted by Crippen LogP contribution is 2.32. The molecular formula is C21H24N4O2. The first-order valence-corrected chi connectivity index (χ1v) is 9.22. The zero-order valence-corrected chi connectivity index (χ0v) is 15.8. The van der Waals surface area contributed by atoms with Gasteiger partial charge in [-0.2, -0.15) is 5.26 Å². The summed E-state index contributed by atoms with van der Waals surface area (Å²) < 4.78 is 5.13. The molecule has 0 unspecified atom stereocenters. The molecule has 3 atom stereocenters. The summed E-state index contributed by atoms with van der Waals surface area (Å²) in [6, 6.07) is 9.55. The third-order valence-electron chi connectivity index (χ3n) is 4.73. The van der Waals surface area contributed by atoms with Crippen molar-refractivity contribution in [3.05, 3.63) is 42.6 Å². The Labute approximate surface area is 159 Å². The summed E-state index contributed by atoms with van der Waals surface area (Å²) in [5.74, 6) is -0.133. The van der Waals surface area contributed by atoms with Gasteiger partial charge in [0.1, 0.15) is 12.3 Å². The number of nitrogens with zero attached hydrogens (tertiary/aromatic N) is 4. The maximum atomic E-state index is 12.5. The number of esters is 1. The maximum Gasteiger partial charge on any atom is 0.330 e. The number of rotatable bonds is 5. The second kappa shape index (κ2) is 8.17. The summed E-state index contributed by atoms with van der Waals surface area (Å²) in [4.78, 5) is 24.0. The van der Waals surface area contributed by atoms with Gasteiger partial charge in [-0.3, -0.25) is 4.79 Å². The van der Waals surface area contributed by atoms with Gasteiger partial charge >= 0.3 is 5.97 Å². The smallest absolute Gasteiger partial charge is 0.330 e. The number of carbonyl (C=O) groups excluding carboxylic acids is 1. The van der Waals surface area contributed by atoms with E-state index in [1.165, 1.54) is 6.08 Å². The lowest BCUT2D eigenvalue weighted by molar-refractivity contribution is -0.142. The van der Waals surface area contributed by atoms with E-state index in [1.54, 1.807) is 0 Å². The molecule has 3 rings (SSSR count). The molecule has 0 radical (unpaired) electrons. The third-order valence-corrected chi connectivity index (χ3v) is 4.73. The number of carbonyl (C=O) groups is 1. The molecule has 1 saturated heterocycles. The second-order valence-corrected chi connectivity index (χ2v) is 7.25. The van der Waals surface area contributed by atoms with E-state index in [1.807, 2.05) is 24.3 Å². The minimum atomic E-state index is -1.12. The molecule has 0 bridgehead atoms. The van der Waals surface area contributed by atoms with E-state index in [0.29, 0.717) is 28.9 Å². The Morgan fingerprint density at radius 1 is 1.33 bits per heavy atom. The van der Waals surface area contributed by atoms with Gasteiger partial charge in [0.25, 0.3) is 0 Å². The van der Waals surface area contributed by atoms with E-state index in [4.69, 9.17) is 9.72 Å². The van der Waals surface area contributed by atoms with E-state index in [0.717, 1.165) is 25.0 Å². The summed E-state index contributed by atoms with van der Waals surface area (Å²) in [6.07, 6.45) is 2.63. The van der Waals surface area contributed by atoms with Crippen molar-refractivity contribution in [2.24, 2.45) is 11.8 Å². The molecule has 0 spiro atoms. The van der Waals surface area contributed by atoms with Crippen LogP contribution < -0.4 is 4.90 Å². The van der Waals surface area contributed by atoms with Crippen LogP contribution in [-0.4, -0.2) is 35.6 Å². The minimum absolute atomic E-state index is 0.0607. The fourth-order valence-corrected chi connectivity index (χ4v) is 3.72. The van der Waals surface area contributed by atoms with E-state index in [-0.39, 0.29) is 6.61 Å². The zero-order valence-electron chi connectivity index (χ0n) is 15.8. The number of piperidine rings is 1. The van der Waals surface area contributed by atoms with Gasteiger partial charge < -0.3 is 9.64 Å². The lowest BCUT2D eigenvalue weighted by Crippen LogP contribution is -2.40. The molecule has 0 saturated carbocycles. The van der Waals surface area contributed by atoms with Crippen molar-refractivity contribution in [1.29, 1.82) is 5.26 Å². The number of fused-ring (bicyclic) bond motifs is 1. The lowest BCUT2D eigenvalue weighted by Gasteiger charge is -2.36. The molecule has 1 aromatic carbocycles. The predicted octanol–water partition coefficient (Wildman–Crippen LogP) is 3.45. The van der Waals surface area contributed by atoms with Crippen molar-refractivity contribution in [3.63, 3.8) is 0 Å². The van der Waals surface area contributed by atoms with Crippen LogP contribution >= 0.6 is 0 Å². The Hall–Kier alpha value is -2.94. The van der Waals surface area contributed by atoms with Crippen molar-refractivity contribution in [1.82, 2.24) is 9.97 Å². The first-order chi connectivity index (χ1) is 13.0. The number of aromatic nitrogens is 2. The molecule has 1 fully saturated rings. The van der Waals surface area contributed by atoms with Gasteiger partial charge in [0.15, 0.2) is 11.7 Å². The molecular weight excluding hydrogens is 340 g/mol. The number of benzene rings is 1. The van der Waals surface area contributed by atoms with Gasteiger partial charge in [0.05, 0.1) is 17.1 Å². The first kappa shape index (κ1) is 18.8. The number of hydrogen-bond acceptors (Lipinski definition) is 6. The highest BCUT2D eigenvalue weighted by molar-refractivity contribution is 5.85. The standard InChI is InChI=1S/C21H24N4O2/c1-4-9-27-21(26)16(11-22)19-20(25-12-14(2)10-15(3)13-25)24-18-8-6-5-7-17(18)23-19/h4-8,14-16H,1,9-10,12-13H2,2-3H3/t14-,15-,16+/m0/s1. The summed E-state index contributed by atoms with van der Waals surface area (Å²) >= 11 is 0. The average molecular weight is 364 g/mol. The third kappa shape index (κ3) is 4.08. The van der Waals surface area contributed by atoms with Crippen LogP contribution in [0.15, 0.2) is 36.9 Å². The predicted molar refractivity (Wildman–Crippen MR) is 104 cm³/mol. The Kier molecular flexibility index (Phi) is 5.70. The molecule has 27 heavy (non-hydrogen) atoms. The quantitative estimate of drug-likeness (QED) is 0.597. The van der Waals surface area contributed by atoms with Crippen molar-refractivity contribution in [2.75, 3.05) is 24.6 Å². The van der Waals surface area contributed by atoms with Crippen LogP contribution in [0.2, 0.25) is 0 Å². The van der Waals surface area contributed by atoms with Crippen LogP contribution in [0.25, 0.3) is 11.0 Å². The second-order valence-electron chi connectivity index (χ2n) is 7.25. The monoisotopic (exact) mass is 364 g/mol. The normalized spacial score (nSPS) is 20.7. The van der Waals surface area contributed by atoms with Crippen molar-refractivity contribution >= 4 is 22.8 Å². The molecule has 2 heterocycles. The molecule has 1 aliphatic heterocycles. The number of anilines is 1. The minimum Gasteiger partial charge on any atom is -0.460 e. The Morgan fingerprint density at radius 2 is 1.96 bits per heavy atom. The van der Waals surface area contributed by atoms with Gasteiger partial charge in [-0.1, -0.05) is 38.6 Å². The highest BCUT2D eigenvalue weighted by atomic mass is 16.5. The van der Waals surface area contributed by atoms with Crippen LogP contribution in [-0.2, 0) is 9.53 Å². The number of nitriles is 1. The van der Waals surface area contributed by atoms with Gasteiger partial charge in [-0.05, 0) is 30.4 Å². The Bertz CT molecular complexity index is 879. The number of ether oxygens (including phenoxy) is 1. The van der Waals surface area contributed by atoms with Gasteiger partial charge in [-0.25, -0.2) is 9.97 Å². The topological polar surface area (TPSA) is 79.1 Å². The fourth-order valence-electron chi connectivity index (χ4n) is 3.72. The number of hydrogen-bond donors (Lipinski definition) is 0. The Morgan fingerprint density at radius 3 is 2.56 bits per heavy atom. The van der Waals surface area contributed by atoms with Gasteiger partial charge in [-0.15, -0.1) is 0 Å². The molecule has 0 aliphatic carbocycles. The first-order valence-electron chi connectivity index (χ1n) is 9.22. The molecule has 2 aromatic rings. The van der Waals surface area contributed by atoms with E-state index >= 15 is 0 Å². The molecule has 1 aromatic heterocycles. The summed E-state index contributed by atoms with van der Waals surface area (Å²) in [5.41, 5.74) is 1.77. The molecule has 0 N–H and O–H groups in total. The van der Waals surface area contributed by atoms with Crippen LogP contribution in [0.1, 0.15) is 31.9 Å².